The fraction of sp³-hybridized carbons (Fsp3) is 0.652. The minimum atomic E-state index is -0.674. The van der Waals surface area contributed by atoms with Crippen LogP contribution in [0.2, 0.25) is 0 Å². The number of piperidine rings is 2. The third kappa shape index (κ3) is 4.33. The van der Waals surface area contributed by atoms with Gasteiger partial charge in [-0.25, -0.2) is 4.79 Å². The van der Waals surface area contributed by atoms with Gasteiger partial charge in [-0.2, -0.15) is 0 Å². The molecule has 3 aliphatic heterocycles. The zero-order valence-electron chi connectivity index (χ0n) is 17.8. The van der Waals surface area contributed by atoms with Crippen LogP contribution in [-0.4, -0.2) is 70.9 Å². The summed E-state index contributed by atoms with van der Waals surface area (Å²) in [5.74, 6) is 0.630. The number of hydrogen-bond acceptors (Lipinski definition) is 4. The molecule has 0 saturated carbocycles. The maximum atomic E-state index is 13.4. The van der Waals surface area contributed by atoms with E-state index in [0.29, 0.717) is 5.92 Å². The molecule has 6 heteroatoms. The van der Waals surface area contributed by atoms with Crippen LogP contribution in [0.4, 0.5) is 4.79 Å². The highest BCUT2D eigenvalue weighted by atomic mass is 16.2. The van der Waals surface area contributed by atoms with Crippen molar-refractivity contribution in [2.75, 3.05) is 32.7 Å². The summed E-state index contributed by atoms with van der Waals surface area (Å²) in [5.41, 5.74) is 0.603. The number of nitrogens with one attached hydrogen (secondary N) is 1. The maximum Gasteiger partial charge on any atom is 0.325 e. The number of imide groups is 1. The molecule has 0 bridgehead atoms. The molecule has 1 aromatic rings. The van der Waals surface area contributed by atoms with E-state index in [1.165, 1.54) is 5.56 Å². The maximum absolute atomic E-state index is 13.4. The van der Waals surface area contributed by atoms with Gasteiger partial charge in [-0.05, 0) is 43.7 Å². The quantitative estimate of drug-likeness (QED) is 0.775. The van der Waals surface area contributed by atoms with Crippen LogP contribution >= 0.6 is 0 Å². The second-order valence-electron chi connectivity index (χ2n) is 9.40. The summed E-state index contributed by atoms with van der Waals surface area (Å²) in [6.45, 7) is 9.91. The first-order chi connectivity index (χ1) is 14.0. The van der Waals surface area contributed by atoms with Crippen molar-refractivity contribution < 1.29 is 9.59 Å². The number of likely N-dealkylation sites (tertiary alicyclic amines) is 2. The Kier molecular flexibility index (Phi) is 5.93. The van der Waals surface area contributed by atoms with Crippen molar-refractivity contribution in [2.45, 2.75) is 57.7 Å². The fourth-order valence-corrected chi connectivity index (χ4v) is 5.17. The first kappa shape index (κ1) is 20.4. The van der Waals surface area contributed by atoms with Crippen molar-refractivity contribution in [1.82, 2.24) is 20.0 Å². The molecule has 3 heterocycles. The molecule has 1 spiro atoms. The SMILES string of the molecule is CC(C)CN1CCC2(CC1)NC(=O)N(C1CCCN(Cc3ccccc3)C1)C2=O. The predicted molar refractivity (Wildman–Crippen MR) is 113 cm³/mol. The van der Waals surface area contributed by atoms with Crippen LogP contribution in [0.15, 0.2) is 30.3 Å². The topological polar surface area (TPSA) is 55.9 Å². The summed E-state index contributed by atoms with van der Waals surface area (Å²) < 4.78 is 0. The highest BCUT2D eigenvalue weighted by molar-refractivity contribution is 6.07. The lowest BCUT2D eigenvalue weighted by atomic mass is 9.86. The smallest absolute Gasteiger partial charge is 0.323 e. The lowest BCUT2D eigenvalue weighted by Gasteiger charge is -2.39. The molecule has 0 aliphatic carbocycles. The number of carbonyl (C=O) groups excluding carboxylic acids is 2. The van der Waals surface area contributed by atoms with Gasteiger partial charge in [0.05, 0.1) is 6.04 Å². The second-order valence-corrected chi connectivity index (χ2v) is 9.40. The average molecular weight is 399 g/mol. The van der Waals surface area contributed by atoms with Crippen molar-refractivity contribution in [3.63, 3.8) is 0 Å². The van der Waals surface area contributed by atoms with Crippen LogP contribution in [0.5, 0.6) is 0 Å². The van der Waals surface area contributed by atoms with E-state index in [1.54, 1.807) is 4.90 Å². The van der Waals surface area contributed by atoms with Gasteiger partial charge in [-0.3, -0.25) is 14.6 Å². The molecule has 1 aromatic carbocycles. The molecular weight excluding hydrogens is 364 g/mol. The molecule has 29 heavy (non-hydrogen) atoms. The van der Waals surface area contributed by atoms with Gasteiger partial charge in [0.2, 0.25) is 0 Å². The van der Waals surface area contributed by atoms with E-state index >= 15 is 0 Å². The standard InChI is InChI=1S/C23H34N4O2/c1-18(2)15-25-13-10-23(11-14-25)21(28)27(22(29)24-23)20-9-6-12-26(17-20)16-19-7-4-3-5-8-19/h3-5,7-8,18,20H,6,9-17H2,1-2H3,(H,24,29). The Morgan fingerprint density at radius 3 is 2.48 bits per heavy atom. The molecule has 4 rings (SSSR count). The number of nitrogens with zero attached hydrogens (tertiary/aromatic N) is 3. The van der Waals surface area contributed by atoms with E-state index in [9.17, 15) is 9.59 Å². The summed E-state index contributed by atoms with van der Waals surface area (Å²) in [4.78, 5) is 32.6. The van der Waals surface area contributed by atoms with E-state index in [1.807, 2.05) is 6.07 Å². The predicted octanol–water partition coefficient (Wildman–Crippen LogP) is 2.69. The van der Waals surface area contributed by atoms with Crippen LogP contribution in [0.3, 0.4) is 0 Å². The Hall–Kier alpha value is -1.92. The number of hydrogen-bond donors (Lipinski definition) is 1. The van der Waals surface area contributed by atoms with Gasteiger partial charge in [-0.1, -0.05) is 44.2 Å². The molecular formula is C23H34N4O2. The molecule has 1 unspecified atom stereocenters. The zero-order valence-corrected chi connectivity index (χ0v) is 17.8. The molecule has 1 atom stereocenters. The zero-order chi connectivity index (χ0) is 20.4. The summed E-state index contributed by atoms with van der Waals surface area (Å²) >= 11 is 0. The lowest BCUT2D eigenvalue weighted by molar-refractivity contribution is -0.135. The van der Waals surface area contributed by atoms with Crippen molar-refractivity contribution in [3.05, 3.63) is 35.9 Å². The Morgan fingerprint density at radius 1 is 1.07 bits per heavy atom. The molecule has 3 amide bonds. The number of urea groups is 1. The van der Waals surface area contributed by atoms with Crippen LogP contribution in [0.25, 0.3) is 0 Å². The van der Waals surface area contributed by atoms with Crippen LogP contribution in [-0.2, 0) is 11.3 Å². The van der Waals surface area contributed by atoms with Crippen molar-refractivity contribution in [3.8, 4) is 0 Å². The molecule has 6 nitrogen and oxygen atoms in total. The third-order valence-electron chi connectivity index (χ3n) is 6.62. The van der Waals surface area contributed by atoms with Crippen molar-refractivity contribution in [2.24, 2.45) is 5.92 Å². The molecule has 158 valence electrons. The number of carbonyl (C=O) groups is 2. The monoisotopic (exact) mass is 398 g/mol. The van der Waals surface area contributed by atoms with Crippen LogP contribution in [0, 0.1) is 5.92 Å². The van der Waals surface area contributed by atoms with E-state index in [0.717, 1.165) is 65.0 Å². The summed E-state index contributed by atoms with van der Waals surface area (Å²) in [6.07, 6.45) is 3.37. The normalized spacial score (nSPS) is 25.8. The van der Waals surface area contributed by atoms with Crippen LogP contribution < -0.4 is 5.32 Å². The summed E-state index contributed by atoms with van der Waals surface area (Å²) in [7, 11) is 0. The minimum absolute atomic E-state index is 0.0123. The Bertz CT molecular complexity index is 728. The van der Waals surface area contributed by atoms with E-state index in [4.69, 9.17) is 0 Å². The molecule has 3 aliphatic rings. The summed E-state index contributed by atoms with van der Waals surface area (Å²) in [5, 5.41) is 3.10. The van der Waals surface area contributed by atoms with Gasteiger partial charge < -0.3 is 10.2 Å². The largest absolute Gasteiger partial charge is 0.325 e. The van der Waals surface area contributed by atoms with E-state index in [-0.39, 0.29) is 18.0 Å². The first-order valence-electron chi connectivity index (χ1n) is 11.1. The van der Waals surface area contributed by atoms with Crippen molar-refractivity contribution >= 4 is 11.9 Å². The van der Waals surface area contributed by atoms with Crippen LogP contribution in [0.1, 0.15) is 45.1 Å². The molecule has 3 fully saturated rings. The van der Waals surface area contributed by atoms with Gasteiger partial charge in [0.1, 0.15) is 5.54 Å². The van der Waals surface area contributed by atoms with Crippen molar-refractivity contribution in [1.29, 1.82) is 0 Å². The first-order valence-corrected chi connectivity index (χ1v) is 11.1. The number of rotatable bonds is 5. The van der Waals surface area contributed by atoms with Gasteiger partial charge in [0.25, 0.3) is 5.91 Å². The van der Waals surface area contributed by atoms with E-state index < -0.39 is 5.54 Å². The Morgan fingerprint density at radius 2 is 1.79 bits per heavy atom. The second kappa shape index (κ2) is 8.44. The van der Waals surface area contributed by atoms with Gasteiger partial charge in [0.15, 0.2) is 0 Å². The fourth-order valence-electron chi connectivity index (χ4n) is 5.17. The molecule has 0 radical (unpaired) electrons. The molecule has 0 aromatic heterocycles. The Balaban J connectivity index is 1.40. The van der Waals surface area contributed by atoms with E-state index in [2.05, 4.69) is 53.2 Å². The van der Waals surface area contributed by atoms with Gasteiger partial charge in [-0.15, -0.1) is 0 Å². The molecule has 3 saturated heterocycles. The van der Waals surface area contributed by atoms with Gasteiger partial charge >= 0.3 is 6.03 Å². The number of amides is 3. The highest BCUT2D eigenvalue weighted by Gasteiger charge is 2.54. The third-order valence-corrected chi connectivity index (χ3v) is 6.62. The summed E-state index contributed by atoms with van der Waals surface area (Å²) in [6, 6.07) is 10.2. The molecule has 1 N–H and O–H groups in total. The Labute approximate surface area is 174 Å². The minimum Gasteiger partial charge on any atom is -0.323 e. The lowest BCUT2D eigenvalue weighted by Crippen LogP contribution is -2.56. The van der Waals surface area contributed by atoms with Gasteiger partial charge in [0, 0.05) is 32.7 Å². The average Bonchev–Trinajstić information content (AvgIpc) is 2.94. The number of benzene rings is 1. The highest BCUT2D eigenvalue weighted by Crippen LogP contribution is 2.32.